The molecule has 0 unspecified atom stereocenters. The lowest BCUT2D eigenvalue weighted by Crippen LogP contribution is -2.31. The van der Waals surface area contributed by atoms with Crippen LogP contribution in [-0.2, 0) is 26.1 Å². The quantitative estimate of drug-likeness (QED) is 0.645. The Kier molecular flexibility index (Phi) is 7.16. The Balaban J connectivity index is 2.00. The van der Waals surface area contributed by atoms with Crippen molar-refractivity contribution in [3.63, 3.8) is 0 Å². The Morgan fingerprint density at radius 2 is 1.69 bits per heavy atom. The number of benzene rings is 2. The molecular weight excluding hydrogens is 392 g/mol. The van der Waals surface area contributed by atoms with Crippen LogP contribution < -0.4 is 0 Å². The highest BCUT2D eigenvalue weighted by Crippen LogP contribution is 2.16. The minimum atomic E-state index is -3.67. The van der Waals surface area contributed by atoms with Gasteiger partial charge in [-0.3, -0.25) is 4.79 Å². The van der Waals surface area contributed by atoms with E-state index >= 15 is 0 Å². The summed E-state index contributed by atoms with van der Waals surface area (Å²) in [4.78, 5) is 26.1. The number of hydrogen-bond donors (Lipinski definition) is 0. The standard InChI is InChI=1S/C21H26N2O5S/c1-15-9-10-18(16(2)11-15)13-23(5)20(24)14-28-21(25)17-7-6-8-19(12-17)29(26,27)22(3)4/h6-12H,13-14H2,1-5H3. The molecule has 0 aliphatic carbocycles. The summed E-state index contributed by atoms with van der Waals surface area (Å²) in [7, 11) is 0.784. The molecular formula is C21H26N2O5S. The number of hydrogen-bond acceptors (Lipinski definition) is 5. The molecule has 2 aromatic rings. The second kappa shape index (κ2) is 9.19. The van der Waals surface area contributed by atoms with Gasteiger partial charge in [-0.2, -0.15) is 0 Å². The van der Waals surface area contributed by atoms with Crippen LogP contribution in [-0.4, -0.2) is 57.2 Å². The maximum absolute atomic E-state index is 12.3. The summed E-state index contributed by atoms with van der Waals surface area (Å²) in [6.07, 6.45) is 0. The van der Waals surface area contributed by atoms with Crippen molar-refractivity contribution in [3.8, 4) is 0 Å². The van der Waals surface area contributed by atoms with E-state index in [2.05, 4.69) is 0 Å². The fourth-order valence-corrected chi connectivity index (χ4v) is 3.63. The number of rotatable bonds is 7. The van der Waals surface area contributed by atoms with E-state index in [9.17, 15) is 18.0 Å². The molecule has 0 saturated carbocycles. The largest absolute Gasteiger partial charge is 0.452 e. The second-order valence-corrected chi connectivity index (χ2v) is 9.22. The average molecular weight is 419 g/mol. The van der Waals surface area contributed by atoms with Crippen molar-refractivity contribution in [1.29, 1.82) is 0 Å². The van der Waals surface area contributed by atoms with Gasteiger partial charge in [-0.15, -0.1) is 0 Å². The second-order valence-electron chi connectivity index (χ2n) is 7.07. The molecule has 156 valence electrons. The first-order chi connectivity index (χ1) is 13.5. The number of ether oxygens (including phenoxy) is 1. The lowest BCUT2D eigenvalue weighted by Gasteiger charge is -2.19. The number of aryl methyl sites for hydroxylation is 2. The van der Waals surface area contributed by atoms with Crippen LogP contribution >= 0.6 is 0 Å². The van der Waals surface area contributed by atoms with Gasteiger partial charge in [0.25, 0.3) is 5.91 Å². The van der Waals surface area contributed by atoms with E-state index < -0.39 is 22.6 Å². The van der Waals surface area contributed by atoms with E-state index in [0.717, 1.165) is 21.0 Å². The minimum absolute atomic E-state index is 0.0183. The van der Waals surface area contributed by atoms with Crippen LogP contribution in [0.4, 0.5) is 0 Å². The minimum Gasteiger partial charge on any atom is -0.452 e. The molecule has 8 heteroatoms. The van der Waals surface area contributed by atoms with Crippen LogP contribution in [0.1, 0.15) is 27.0 Å². The molecule has 2 aromatic carbocycles. The number of amides is 1. The summed E-state index contributed by atoms with van der Waals surface area (Å²) in [6, 6.07) is 11.5. The fourth-order valence-electron chi connectivity index (χ4n) is 2.68. The number of sulfonamides is 1. The summed E-state index contributed by atoms with van der Waals surface area (Å²) in [6.45, 7) is 3.96. The molecule has 7 nitrogen and oxygen atoms in total. The molecule has 0 N–H and O–H groups in total. The van der Waals surface area contributed by atoms with Crippen molar-refractivity contribution >= 4 is 21.9 Å². The number of nitrogens with zero attached hydrogens (tertiary/aromatic N) is 2. The molecule has 1 amide bonds. The molecule has 0 aromatic heterocycles. The van der Waals surface area contributed by atoms with Gasteiger partial charge >= 0.3 is 5.97 Å². The molecule has 0 saturated heterocycles. The Labute approximate surface area is 171 Å². The van der Waals surface area contributed by atoms with E-state index in [1.54, 1.807) is 7.05 Å². The molecule has 2 rings (SSSR count). The Bertz CT molecular complexity index is 1020. The molecule has 29 heavy (non-hydrogen) atoms. The van der Waals surface area contributed by atoms with E-state index in [1.807, 2.05) is 32.0 Å². The van der Waals surface area contributed by atoms with Crippen LogP contribution in [0.2, 0.25) is 0 Å². The monoisotopic (exact) mass is 418 g/mol. The van der Waals surface area contributed by atoms with Crippen LogP contribution in [0.3, 0.4) is 0 Å². The molecule has 0 aliphatic heterocycles. The van der Waals surface area contributed by atoms with Crippen LogP contribution in [0.15, 0.2) is 47.4 Å². The molecule has 0 spiro atoms. The lowest BCUT2D eigenvalue weighted by molar-refractivity contribution is -0.133. The maximum Gasteiger partial charge on any atom is 0.338 e. The molecule has 0 heterocycles. The Morgan fingerprint density at radius 1 is 1.00 bits per heavy atom. The third-order valence-corrected chi connectivity index (χ3v) is 6.32. The van der Waals surface area contributed by atoms with Gasteiger partial charge in [0, 0.05) is 27.7 Å². The first kappa shape index (κ1) is 22.6. The van der Waals surface area contributed by atoms with E-state index in [-0.39, 0.29) is 16.4 Å². The van der Waals surface area contributed by atoms with Gasteiger partial charge in [0.05, 0.1) is 10.5 Å². The molecule has 0 aliphatic rings. The van der Waals surface area contributed by atoms with Gasteiger partial charge in [-0.05, 0) is 43.2 Å². The number of likely N-dealkylation sites (N-methyl/N-ethyl adjacent to an activating group) is 1. The third kappa shape index (κ3) is 5.65. The van der Waals surface area contributed by atoms with E-state index in [1.165, 1.54) is 43.3 Å². The van der Waals surface area contributed by atoms with Crippen LogP contribution in [0.5, 0.6) is 0 Å². The molecule has 0 radical (unpaired) electrons. The van der Waals surface area contributed by atoms with Gasteiger partial charge in [0.2, 0.25) is 10.0 Å². The summed E-state index contributed by atoms with van der Waals surface area (Å²) in [5, 5.41) is 0. The lowest BCUT2D eigenvalue weighted by atomic mass is 10.1. The maximum atomic E-state index is 12.3. The summed E-state index contributed by atoms with van der Waals surface area (Å²) >= 11 is 0. The van der Waals surface area contributed by atoms with E-state index in [0.29, 0.717) is 6.54 Å². The van der Waals surface area contributed by atoms with Crippen LogP contribution in [0.25, 0.3) is 0 Å². The van der Waals surface area contributed by atoms with Gasteiger partial charge in [-0.25, -0.2) is 17.5 Å². The average Bonchev–Trinajstić information content (AvgIpc) is 2.67. The van der Waals surface area contributed by atoms with Crippen LogP contribution in [0, 0.1) is 13.8 Å². The van der Waals surface area contributed by atoms with E-state index in [4.69, 9.17) is 4.74 Å². The first-order valence-electron chi connectivity index (χ1n) is 9.02. The van der Waals surface area contributed by atoms with Crippen molar-refractivity contribution in [2.24, 2.45) is 0 Å². The first-order valence-corrected chi connectivity index (χ1v) is 10.5. The Morgan fingerprint density at radius 3 is 2.31 bits per heavy atom. The molecule has 0 atom stereocenters. The number of carbonyl (C=O) groups is 2. The van der Waals surface area contributed by atoms with Crippen molar-refractivity contribution in [2.45, 2.75) is 25.3 Å². The zero-order valence-corrected chi connectivity index (χ0v) is 18.1. The van der Waals surface area contributed by atoms with Gasteiger partial charge < -0.3 is 9.64 Å². The zero-order chi connectivity index (χ0) is 21.8. The summed E-state index contributed by atoms with van der Waals surface area (Å²) in [5.41, 5.74) is 3.31. The third-order valence-electron chi connectivity index (χ3n) is 4.51. The normalized spacial score (nSPS) is 11.4. The highest BCUT2D eigenvalue weighted by Gasteiger charge is 2.20. The number of esters is 1. The van der Waals surface area contributed by atoms with Crippen molar-refractivity contribution in [2.75, 3.05) is 27.7 Å². The summed E-state index contributed by atoms with van der Waals surface area (Å²) in [5.74, 6) is -1.11. The predicted molar refractivity (Wildman–Crippen MR) is 110 cm³/mol. The van der Waals surface area contributed by atoms with Crippen molar-refractivity contribution < 1.29 is 22.7 Å². The SMILES string of the molecule is Cc1ccc(CN(C)C(=O)COC(=O)c2cccc(S(=O)(=O)N(C)C)c2)c(C)c1. The Hall–Kier alpha value is -2.71. The van der Waals surface area contributed by atoms with Gasteiger partial charge in [-0.1, -0.05) is 29.8 Å². The van der Waals surface area contributed by atoms with Gasteiger partial charge in [0.15, 0.2) is 6.61 Å². The highest BCUT2D eigenvalue weighted by atomic mass is 32.2. The van der Waals surface area contributed by atoms with Gasteiger partial charge in [0.1, 0.15) is 0 Å². The number of carbonyl (C=O) groups excluding carboxylic acids is 2. The van der Waals surface area contributed by atoms with Crippen molar-refractivity contribution in [1.82, 2.24) is 9.21 Å². The smallest absolute Gasteiger partial charge is 0.338 e. The fraction of sp³-hybridized carbons (Fsp3) is 0.333. The zero-order valence-electron chi connectivity index (χ0n) is 17.3. The predicted octanol–water partition coefficient (Wildman–Crippen LogP) is 2.37. The topological polar surface area (TPSA) is 84.0 Å². The molecule has 0 fully saturated rings. The molecule has 0 bridgehead atoms. The summed E-state index contributed by atoms with van der Waals surface area (Å²) < 4.78 is 30.5. The van der Waals surface area contributed by atoms with Crippen molar-refractivity contribution in [3.05, 3.63) is 64.7 Å². The highest BCUT2D eigenvalue weighted by molar-refractivity contribution is 7.89.